The maximum atomic E-state index is 11.3. The minimum absolute atomic E-state index is 0.385. The van der Waals surface area contributed by atoms with Crippen LogP contribution in [-0.2, 0) is 6.54 Å². The number of primary amides is 1. The second-order valence-electron chi connectivity index (χ2n) is 4.36. The molecule has 2 aromatic rings. The lowest BCUT2D eigenvalue weighted by atomic mass is 10.2. The Morgan fingerprint density at radius 1 is 1.44 bits per heavy atom. The summed E-state index contributed by atoms with van der Waals surface area (Å²) in [7, 11) is 0. The van der Waals surface area contributed by atoms with Gasteiger partial charge in [-0.05, 0) is 24.8 Å². The smallest absolute Gasteiger partial charge is 0.269 e. The molecule has 1 aliphatic rings. The zero-order valence-electron chi connectivity index (χ0n) is 8.89. The number of nitrogens with zero attached hydrogens (tertiary/aromatic N) is 2. The third-order valence-electron chi connectivity index (χ3n) is 3.02. The van der Waals surface area contributed by atoms with Crippen molar-refractivity contribution in [1.29, 1.82) is 0 Å². The van der Waals surface area contributed by atoms with Crippen molar-refractivity contribution >= 4 is 16.8 Å². The SMILES string of the molecule is NC(=O)c1nn(CC2CC2)c2ccccc12. The van der Waals surface area contributed by atoms with Gasteiger partial charge in [-0.1, -0.05) is 18.2 Å². The fraction of sp³-hybridized carbons (Fsp3) is 0.333. The number of nitrogens with two attached hydrogens (primary N) is 1. The second kappa shape index (κ2) is 3.33. The van der Waals surface area contributed by atoms with Crippen molar-refractivity contribution < 1.29 is 4.79 Å². The summed E-state index contributed by atoms with van der Waals surface area (Å²) in [4.78, 5) is 11.3. The first-order valence-corrected chi connectivity index (χ1v) is 5.51. The Bertz CT molecular complexity index is 554. The van der Waals surface area contributed by atoms with Crippen molar-refractivity contribution in [2.24, 2.45) is 11.7 Å². The number of benzene rings is 1. The highest BCUT2D eigenvalue weighted by atomic mass is 16.1. The summed E-state index contributed by atoms with van der Waals surface area (Å²) in [5, 5.41) is 5.17. The molecule has 1 aromatic heterocycles. The van der Waals surface area contributed by atoms with E-state index >= 15 is 0 Å². The molecule has 16 heavy (non-hydrogen) atoms. The van der Waals surface area contributed by atoms with Gasteiger partial charge >= 0.3 is 0 Å². The molecule has 4 nitrogen and oxygen atoms in total. The Kier molecular flexibility index (Phi) is 1.96. The van der Waals surface area contributed by atoms with E-state index in [1.54, 1.807) is 0 Å². The molecule has 1 aromatic carbocycles. The molecule has 2 N–H and O–H groups in total. The van der Waals surface area contributed by atoms with Crippen LogP contribution in [0.15, 0.2) is 24.3 Å². The summed E-state index contributed by atoms with van der Waals surface area (Å²) in [6.07, 6.45) is 2.53. The Labute approximate surface area is 93.0 Å². The normalized spacial score (nSPS) is 15.5. The second-order valence-corrected chi connectivity index (χ2v) is 4.36. The van der Waals surface area contributed by atoms with Crippen LogP contribution in [0.2, 0.25) is 0 Å². The van der Waals surface area contributed by atoms with Gasteiger partial charge in [-0.25, -0.2) is 0 Å². The lowest BCUT2D eigenvalue weighted by molar-refractivity contribution is 0.0996. The topological polar surface area (TPSA) is 60.9 Å². The predicted molar refractivity (Wildman–Crippen MR) is 61.0 cm³/mol. The third kappa shape index (κ3) is 1.46. The summed E-state index contributed by atoms with van der Waals surface area (Å²) in [5.41, 5.74) is 6.71. The van der Waals surface area contributed by atoms with E-state index in [4.69, 9.17) is 5.73 Å². The molecule has 1 aliphatic carbocycles. The fourth-order valence-corrected chi connectivity index (χ4v) is 1.99. The summed E-state index contributed by atoms with van der Waals surface area (Å²) < 4.78 is 1.91. The van der Waals surface area contributed by atoms with E-state index < -0.39 is 5.91 Å². The Morgan fingerprint density at radius 3 is 2.88 bits per heavy atom. The highest BCUT2D eigenvalue weighted by Gasteiger charge is 2.24. The maximum absolute atomic E-state index is 11.3. The number of para-hydroxylation sites is 1. The molecule has 1 amide bonds. The molecular weight excluding hydrogens is 202 g/mol. The number of amides is 1. The zero-order valence-corrected chi connectivity index (χ0v) is 8.89. The van der Waals surface area contributed by atoms with Gasteiger partial charge in [0.05, 0.1) is 5.52 Å². The average molecular weight is 215 g/mol. The molecule has 0 unspecified atom stereocenters. The van der Waals surface area contributed by atoms with Gasteiger partial charge in [0.15, 0.2) is 5.69 Å². The molecule has 0 spiro atoms. The van der Waals surface area contributed by atoms with Gasteiger partial charge in [0, 0.05) is 11.9 Å². The van der Waals surface area contributed by atoms with Crippen molar-refractivity contribution in [3.63, 3.8) is 0 Å². The van der Waals surface area contributed by atoms with Gasteiger partial charge in [-0.2, -0.15) is 5.10 Å². The van der Waals surface area contributed by atoms with Crippen LogP contribution < -0.4 is 5.73 Å². The van der Waals surface area contributed by atoms with E-state index in [1.165, 1.54) is 12.8 Å². The Hall–Kier alpha value is -1.84. The van der Waals surface area contributed by atoms with Crippen LogP contribution in [-0.4, -0.2) is 15.7 Å². The van der Waals surface area contributed by atoms with Crippen molar-refractivity contribution in [3.8, 4) is 0 Å². The standard InChI is InChI=1S/C12H13N3O/c13-12(16)11-9-3-1-2-4-10(9)15(14-11)7-8-5-6-8/h1-4,8H,5-7H2,(H2,13,16). The number of fused-ring (bicyclic) bond motifs is 1. The molecule has 0 atom stereocenters. The maximum Gasteiger partial charge on any atom is 0.269 e. The largest absolute Gasteiger partial charge is 0.364 e. The van der Waals surface area contributed by atoms with Gasteiger partial charge in [0.25, 0.3) is 5.91 Å². The quantitative estimate of drug-likeness (QED) is 0.844. The van der Waals surface area contributed by atoms with E-state index in [0.717, 1.165) is 23.4 Å². The van der Waals surface area contributed by atoms with Crippen LogP contribution in [0.25, 0.3) is 10.9 Å². The minimum Gasteiger partial charge on any atom is -0.364 e. The van der Waals surface area contributed by atoms with Crippen LogP contribution in [0.3, 0.4) is 0 Å². The molecular formula is C12H13N3O. The highest BCUT2D eigenvalue weighted by molar-refractivity contribution is 6.04. The lowest BCUT2D eigenvalue weighted by Gasteiger charge is -2.00. The summed E-state index contributed by atoms with van der Waals surface area (Å²) >= 11 is 0. The van der Waals surface area contributed by atoms with Gasteiger partial charge in [-0.3, -0.25) is 9.48 Å². The lowest BCUT2D eigenvalue weighted by Crippen LogP contribution is -2.13. The fourth-order valence-electron chi connectivity index (χ4n) is 1.99. The van der Waals surface area contributed by atoms with E-state index in [0.29, 0.717) is 5.69 Å². The summed E-state index contributed by atoms with van der Waals surface area (Å²) in [5.74, 6) is 0.273. The van der Waals surface area contributed by atoms with Gasteiger partial charge in [0.2, 0.25) is 0 Å². The van der Waals surface area contributed by atoms with Gasteiger partial charge in [-0.15, -0.1) is 0 Å². The van der Waals surface area contributed by atoms with Crippen molar-refractivity contribution in [2.45, 2.75) is 19.4 Å². The van der Waals surface area contributed by atoms with Crippen LogP contribution in [0.5, 0.6) is 0 Å². The number of hydrogen-bond donors (Lipinski definition) is 1. The van der Waals surface area contributed by atoms with Gasteiger partial charge < -0.3 is 5.73 Å². The van der Waals surface area contributed by atoms with Crippen molar-refractivity contribution in [3.05, 3.63) is 30.0 Å². The number of carbonyl (C=O) groups is 1. The first-order valence-electron chi connectivity index (χ1n) is 5.51. The van der Waals surface area contributed by atoms with Crippen molar-refractivity contribution in [2.75, 3.05) is 0 Å². The molecule has 0 aliphatic heterocycles. The van der Waals surface area contributed by atoms with Crippen LogP contribution in [0.1, 0.15) is 23.3 Å². The minimum atomic E-state index is -0.453. The monoisotopic (exact) mass is 215 g/mol. The number of carbonyl (C=O) groups excluding carboxylic acids is 1. The molecule has 1 saturated carbocycles. The average Bonchev–Trinajstić information content (AvgIpc) is 3.00. The third-order valence-corrected chi connectivity index (χ3v) is 3.02. The predicted octanol–water partition coefficient (Wildman–Crippen LogP) is 1.55. The Morgan fingerprint density at radius 2 is 2.19 bits per heavy atom. The molecule has 0 radical (unpaired) electrons. The van der Waals surface area contributed by atoms with Gasteiger partial charge in [0.1, 0.15) is 0 Å². The van der Waals surface area contributed by atoms with E-state index in [9.17, 15) is 4.79 Å². The number of aromatic nitrogens is 2. The molecule has 1 fully saturated rings. The molecule has 3 rings (SSSR count). The highest BCUT2D eigenvalue weighted by Crippen LogP contribution is 2.31. The van der Waals surface area contributed by atoms with Crippen molar-refractivity contribution in [1.82, 2.24) is 9.78 Å². The van der Waals surface area contributed by atoms with Crippen LogP contribution in [0.4, 0.5) is 0 Å². The molecule has 0 saturated heterocycles. The van der Waals surface area contributed by atoms with Crippen LogP contribution >= 0.6 is 0 Å². The van der Waals surface area contributed by atoms with Crippen LogP contribution in [0, 0.1) is 5.92 Å². The molecule has 4 heteroatoms. The molecule has 0 bridgehead atoms. The molecule has 82 valence electrons. The number of hydrogen-bond acceptors (Lipinski definition) is 2. The summed E-state index contributed by atoms with van der Waals surface area (Å²) in [6.45, 7) is 0.897. The number of rotatable bonds is 3. The Balaban J connectivity index is 2.15. The van der Waals surface area contributed by atoms with E-state index in [1.807, 2.05) is 28.9 Å². The summed E-state index contributed by atoms with van der Waals surface area (Å²) in [6, 6.07) is 7.74. The first kappa shape index (κ1) is 9.39. The zero-order chi connectivity index (χ0) is 11.1. The van der Waals surface area contributed by atoms with E-state index in [2.05, 4.69) is 5.10 Å². The first-order chi connectivity index (χ1) is 7.75. The molecule has 1 heterocycles. The van der Waals surface area contributed by atoms with E-state index in [-0.39, 0.29) is 0 Å².